The van der Waals surface area contributed by atoms with E-state index in [1.54, 1.807) is 0 Å². The molecule has 1 heterocycles. The van der Waals surface area contributed by atoms with Crippen molar-refractivity contribution in [2.24, 2.45) is 0 Å². The Labute approximate surface area is 118 Å². The molecule has 1 N–H and O–H groups in total. The molecule has 0 radical (unpaired) electrons. The highest BCUT2D eigenvalue weighted by Gasteiger charge is 2.18. The van der Waals surface area contributed by atoms with Gasteiger partial charge in [0.15, 0.2) is 0 Å². The van der Waals surface area contributed by atoms with E-state index < -0.39 is 0 Å². The van der Waals surface area contributed by atoms with Crippen LogP contribution in [0.2, 0.25) is 0 Å². The van der Waals surface area contributed by atoms with E-state index in [-0.39, 0.29) is 0 Å². The van der Waals surface area contributed by atoms with Crippen LogP contribution >= 0.6 is 15.9 Å². The molecule has 0 aromatic carbocycles. The molecular weight excluding hydrogens is 290 g/mol. The Morgan fingerprint density at radius 3 is 2.89 bits per heavy atom. The van der Waals surface area contributed by atoms with E-state index in [9.17, 15) is 0 Å². The van der Waals surface area contributed by atoms with Crippen molar-refractivity contribution in [3.63, 3.8) is 0 Å². The molecule has 0 spiro atoms. The molecule has 1 saturated carbocycles. The second-order valence-corrected chi connectivity index (χ2v) is 5.93. The maximum absolute atomic E-state index is 4.36. The van der Waals surface area contributed by atoms with Crippen LogP contribution in [0.25, 0.3) is 0 Å². The zero-order valence-electron chi connectivity index (χ0n) is 11.2. The van der Waals surface area contributed by atoms with Crippen molar-refractivity contribution in [1.29, 1.82) is 0 Å². The van der Waals surface area contributed by atoms with E-state index in [1.165, 1.54) is 31.2 Å². The Balaban J connectivity index is 1.79. The molecule has 4 heteroatoms. The Kier molecular flexibility index (Phi) is 5.01. The Morgan fingerprint density at radius 2 is 2.17 bits per heavy atom. The average Bonchev–Trinajstić information content (AvgIpc) is 2.88. The highest BCUT2D eigenvalue weighted by Crippen LogP contribution is 2.24. The minimum absolute atomic E-state index is 0.792. The summed E-state index contributed by atoms with van der Waals surface area (Å²) < 4.78 is 1.08. The first-order chi connectivity index (χ1) is 8.68. The summed E-state index contributed by atoms with van der Waals surface area (Å²) in [5, 5.41) is 3.41. The van der Waals surface area contributed by atoms with Gasteiger partial charge in [0.2, 0.25) is 0 Å². The van der Waals surface area contributed by atoms with Gasteiger partial charge in [-0.15, -0.1) is 0 Å². The van der Waals surface area contributed by atoms with Crippen molar-refractivity contribution in [2.75, 3.05) is 25.5 Å². The molecule has 0 bridgehead atoms. The second-order valence-electron chi connectivity index (χ2n) is 5.14. The molecule has 1 aliphatic carbocycles. The summed E-state index contributed by atoms with van der Waals surface area (Å²) in [5.41, 5.74) is 1.22. The fraction of sp³-hybridized carbons (Fsp3) is 0.643. The molecular formula is C14H22BrN3. The van der Waals surface area contributed by atoms with Gasteiger partial charge in [0, 0.05) is 25.3 Å². The Bertz CT molecular complexity index is 389. The maximum atomic E-state index is 4.36. The molecule has 0 saturated heterocycles. The third kappa shape index (κ3) is 3.45. The lowest BCUT2D eigenvalue weighted by molar-refractivity contribution is 0.254. The van der Waals surface area contributed by atoms with Crippen LogP contribution in [0, 0.1) is 6.92 Å². The molecule has 2 rings (SSSR count). The molecule has 100 valence electrons. The number of aromatic nitrogens is 1. The average molecular weight is 312 g/mol. The Morgan fingerprint density at radius 1 is 1.44 bits per heavy atom. The van der Waals surface area contributed by atoms with Gasteiger partial charge < -0.3 is 10.2 Å². The van der Waals surface area contributed by atoms with Crippen LogP contribution in [0.1, 0.15) is 31.2 Å². The van der Waals surface area contributed by atoms with Gasteiger partial charge in [0.1, 0.15) is 5.82 Å². The largest absolute Gasteiger partial charge is 0.368 e. The van der Waals surface area contributed by atoms with E-state index >= 15 is 0 Å². The predicted molar refractivity (Wildman–Crippen MR) is 80.0 cm³/mol. The van der Waals surface area contributed by atoms with Crippen LogP contribution in [0.3, 0.4) is 0 Å². The first kappa shape index (κ1) is 13.8. The number of halogens is 1. The zero-order valence-corrected chi connectivity index (χ0v) is 12.8. The van der Waals surface area contributed by atoms with Gasteiger partial charge in [-0.1, -0.05) is 12.8 Å². The maximum Gasteiger partial charge on any atom is 0.140 e. The summed E-state index contributed by atoms with van der Waals surface area (Å²) in [6, 6.07) is 2.81. The van der Waals surface area contributed by atoms with Crippen LogP contribution in [0.15, 0.2) is 16.7 Å². The molecule has 1 aliphatic rings. The predicted octanol–water partition coefficient (Wildman–Crippen LogP) is 3.44. The summed E-state index contributed by atoms with van der Waals surface area (Å²) in [6.45, 7) is 4.11. The fourth-order valence-electron chi connectivity index (χ4n) is 2.54. The van der Waals surface area contributed by atoms with Gasteiger partial charge in [0.05, 0.1) is 4.47 Å². The van der Waals surface area contributed by atoms with Crippen molar-refractivity contribution < 1.29 is 0 Å². The summed E-state index contributed by atoms with van der Waals surface area (Å²) in [6.07, 6.45) is 7.37. The molecule has 1 aromatic rings. The standard InChI is InChI=1S/C14H22BrN3/c1-11-7-8-16-14(13(11)15)17-9-10-18(2)12-5-3-4-6-12/h7-8,12H,3-6,9-10H2,1-2H3,(H,16,17). The van der Waals surface area contributed by atoms with Gasteiger partial charge in [-0.2, -0.15) is 0 Å². The number of aryl methyl sites for hydroxylation is 1. The van der Waals surface area contributed by atoms with E-state index in [4.69, 9.17) is 0 Å². The fourth-order valence-corrected chi connectivity index (χ4v) is 2.92. The van der Waals surface area contributed by atoms with Crippen molar-refractivity contribution in [3.8, 4) is 0 Å². The molecule has 3 nitrogen and oxygen atoms in total. The zero-order chi connectivity index (χ0) is 13.0. The van der Waals surface area contributed by atoms with Crippen molar-refractivity contribution in [1.82, 2.24) is 9.88 Å². The van der Waals surface area contributed by atoms with Gasteiger partial charge in [-0.25, -0.2) is 4.98 Å². The second kappa shape index (κ2) is 6.53. The topological polar surface area (TPSA) is 28.2 Å². The van der Waals surface area contributed by atoms with E-state index in [2.05, 4.69) is 45.1 Å². The lowest BCUT2D eigenvalue weighted by atomic mass is 10.2. The highest BCUT2D eigenvalue weighted by atomic mass is 79.9. The van der Waals surface area contributed by atoms with Crippen molar-refractivity contribution in [3.05, 3.63) is 22.3 Å². The third-order valence-electron chi connectivity index (χ3n) is 3.79. The lowest BCUT2D eigenvalue weighted by Crippen LogP contribution is -2.33. The SMILES string of the molecule is Cc1ccnc(NCCN(C)C2CCCC2)c1Br. The molecule has 0 amide bonds. The number of hydrogen-bond acceptors (Lipinski definition) is 3. The van der Waals surface area contributed by atoms with E-state index in [1.807, 2.05) is 12.3 Å². The van der Waals surface area contributed by atoms with Gasteiger partial charge in [-0.3, -0.25) is 0 Å². The first-order valence-corrected chi connectivity index (χ1v) is 7.53. The number of hydrogen-bond donors (Lipinski definition) is 1. The number of anilines is 1. The number of pyridine rings is 1. The van der Waals surface area contributed by atoms with Crippen LogP contribution in [-0.4, -0.2) is 36.1 Å². The number of nitrogens with one attached hydrogen (secondary N) is 1. The molecule has 1 fully saturated rings. The number of nitrogens with zero attached hydrogens (tertiary/aromatic N) is 2. The molecule has 0 unspecified atom stereocenters. The lowest BCUT2D eigenvalue weighted by Gasteiger charge is -2.24. The summed E-state index contributed by atoms with van der Waals surface area (Å²) >= 11 is 3.58. The van der Waals surface area contributed by atoms with E-state index in [0.717, 1.165) is 29.4 Å². The van der Waals surface area contributed by atoms with Crippen molar-refractivity contribution in [2.45, 2.75) is 38.6 Å². The molecule has 18 heavy (non-hydrogen) atoms. The van der Waals surface area contributed by atoms with E-state index in [0.29, 0.717) is 0 Å². The number of likely N-dealkylation sites (N-methyl/N-ethyl adjacent to an activating group) is 1. The third-order valence-corrected chi connectivity index (χ3v) is 4.79. The van der Waals surface area contributed by atoms with Gasteiger partial charge in [-0.05, 0) is 54.4 Å². The number of rotatable bonds is 5. The van der Waals surface area contributed by atoms with Crippen LogP contribution < -0.4 is 5.32 Å². The first-order valence-electron chi connectivity index (χ1n) is 6.73. The van der Waals surface area contributed by atoms with Crippen LogP contribution in [-0.2, 0) is 0 Å². The molecule has 0 atom stereocenters. The molecule has 0 aliphatic heterocycles. The minimum atomic E-state index is 0.792. The van der Waals surface area contributed by atoms with Crippen molar-refractivity contribution >= 4 is 21.7 Å². The monoisotopic (exact) mass is 311 g/mol. The quantitative estimate of drug-likeness (QED) is 0.903. The molecule has 1 aromatic heterocycles. The smallest absolute Gasteiger partial charge is 0.140 e. The normalized spacial score (nSPS) is 16.4. The highest BCUT2D eigenvalue weighted by molar-refractivity contribution is 9.10. The van der Waals surface area contributed by atoms with Crippen LogP contribution in [0.4, 0.5) is 5.82 Å². The summed E-state index contributed by atoms with van der Waals surface area (Å²) in [7, 11) is 2.23. The Hall–Kier alpha value is -0.610. The minimum Gasteiger partial charge on any atom is -0.368 e. The summed E-state index contributed by atoms with van der Waals surface area (Å²) in [4.78, 5) is 6.83. The van der Waals surface area contributed by atoms with Crippen LogP contribution in [0.5, 0.6) is 0 Å². The van der Waals surface area contributed by atoms with Gasteiger partial charge >= 0.3 is 0 Å². The van der Waals surface area contributed by atoms with Gasteiger partial charge in [0.25, 0.3) is 0 Å². The summed E-state index contributed by atoms with van der Waals surface area (Å²) in [5.74, 6) is 0.954.